The Morgan fingerprint density at radius 3 is 2.44 bits per heavy atom. The Bertz CT molecular complexity index is 1670. The molecule has 0 aromatic heterocycles. The Hall–Kier alpha value is -2.53. The van der Waals surface area contributed by atoms with Gasteiger partial charge in [-0.3, -0.25) is 4.79 Å². The van der Waals surface area contributed by atoms with Crippen LogP contribution in [-0.2, 0) is 16.0 Å². The largest absolute Gasteiger partial charge is 0.396 e. The van der Waals surface area contributed by atoms with Gasteiger partial charge in [0.2, 0.25) is 0 Å². The third-order valence-corrected chi connectivity index (χ3v) is 16.1. The maximum absolute atomic E-state index is 14.1. The van der Waals surface area contributed by atoms with Crippen LogP contribution in [0.4, 0.5) is 0 Å². The predicted octanol–water partition coefficient (Wildman–Crippen LogP) is 5.24. The normalized spacial score (nSPS) is 40.7. The van der Waals surface area contributed by atoms with E-state index in [4.69, 9.17) is 10.5 Å². The molecule has 3 saturated carbocycles. The van der Waals surface area contributed by atoms with Crippen molar-refractivity contribution in [3.63, 3.8) is 0 Å². The molecule has 13 atom stereocenters. The van der Waals surface area contributed by atoms with Crippen molar-refractivity contribution in [3.8, 4) is 0 Å². The van der Waals surface area contributed by atoms with E-state index >= 15 is 0 Å². The number of nitrogens with two attached hydrogens (primary N) is 1. The van der Waals surface area contributed by atoms with Crippen molar-refractivity contribution in [2.45, 2.75) is 147 Å². The molecule has 2 aliphatic heterocycles. The molecule has 0 radical (unpaired) electrons. The molecule has 9 nitrogen and oxygen atoms in total. The van der Waals surface area contributed by atoms with Gasteiger partial charge in [-0.25, -0.2) is 0 Å². The van der Waals surface area contributed by atoms with Crippen LogP contribution in [0.3, 0.4) is 0 Å². The van der Waals surface area contributed by atoms with Crippen LogP contribution in [0.2, 0.25) is 0 Å². The lowest BCUT2D eigenvalue weighted by molar-refractivity contribution is -0.170. The van der Waals surface area contributed by atoms with E-state index in [0.29, 0.717) is 70.2 Å². The zero-order chi connectivity index (χ0) is 38.9. The molecule has 298 valence electrons. The summed E-state index contributed by atoms with van der Waals surface area (Å²) in [5, 5.41) is 63.3. The molecule has 9 heteroatoms. The average molecular weight is 747 g/mol. The number of nitrogens with one attached hydrogen (secondary N) is 1. The molecule has 8 N–H and O–H groups in total. The van der Waals surface area contributed by atoms with E-state index < -0.39 is 45.9 Å². The molecule has 0 bridgehead atoms. The fraction of sp³-hybridized carbons (Fsp3) is 0.711. The van der Waals surface area contributed by atoms with Gasteiger partial charge in [-0.2, -0.15) is 0 Å². The molecule has 0 amide bonds. The van der Waals surface area contributed by atoms with Crippen molar-refractivity contribution >= 4 is 5.78 Å². The van der Waals surface area contributed by atoms with Gasteiger partial charge in [0.25, 0.3) is 0 Å². The van der Waals surface area contributed by atoms with Gasteiger partial charge in [-0.1, -0.05) is 70.5 Å². The van der Waals surface area contributed by atoms with Gasteiger partial charge in [0, 0.05) is 23.3 Å². The number of fused-ring (bicyclic) bond motifs is 5. The molecule has 1 saturated heterocycles. The first-order valence-corrected chi connectivity index (χ1v) is 20.8. The summed E-state index contributed by atoms with van der Waals surface area (Å²) in [6.45, 7) is 10.4. The third kappa shape index (κ3) is 6.24. The van der Waals surface area contributed by atoms with Crippen LogP contribution in [-0.4, -0.2) is 79.6 Å². The molecule has 0 spiro atoms. The summed E-state index contributed by atoms with van der Waals surface area (Å²) < 4.78 is 6.44. The summed E-state index contributed by atoms with van der Waals surface area (Å²) in [6.07, 6.45) is 11.4. The highest BCUT2D eigenvalue weighted by Gasteiger charge is 2.74. The van der Waals surface area contributed by atoms with Crippen LogP contribution in [0.5, 0.6) is 0 Å². The van der Waals surface area contributed by atoms with Crippen LogP contribution >= 0.6 is 0 Å². The van der Waals surface area contributed by atoms with Crippen molar-refractivity contribution < 1.29 is 35.1 Å². The SMILES string of the molecule is CCCC(O)(C1OC1C(C)(O)C(C)(CO)CCC1=CCNC(N)=C1)C1CCC2(O)C3=CC(=O)C4CC(O)CCC4(C)C3C(CCc3ccccc3)CC12C. The molecule has 2 heterocycles. The van der Waals surface area contributed by atoms with E-state index in [-0.39, 0.29) is 41.5 Å². The van der Waals surface area contributed by atoms with E-state index in [9.17, 15) is 30.3 Å². The summed E-state index contributed by atoms with van der Waals surface area (Å²) >= 11 is 0. The van der Waals surface area contributed by atoms with Crippen molar-refractivity contribution in [2.24, 2.45) is 45.7 Å². The summed E-state index contributed by atoms with van der Waals surface area (Å²) in [5.74, 6) is 0.111. The highest BCUT2D eigenvalue weighted by Crippen LogP contribution is 2.71. The number of ether oxygens (including phenoxy) is 1. The third-order valence-electron chi connectivity index (χ3n) is 16.1. The molecular formula is C45H66N2O7. The fourth-order valence-corrected chi connectivity index (χ4v) is 12.6. The maximum Gasteiger partial charge on any atom is 0.159 e. The number of carbonyl (C=O) groups is 1. The number of aliphatic hydroxyl groups excluding tert-OH is 2. The van der Waals surface area contributed by atoms with Crippen LogP contribution in [0, 0.1) is 39.9 Å². The van der Waals surface area contributed by atoms with Crippen molar-refractivity contribution in [3.05, 3.63) is 71.1 Å². The van der Waals surface area contributed by atoms with E-state index in [1.807, 2.05) is 26.0 Å². The minimum atomic E-state index is -1.46. The van der Waals surface area contributed by atoms with Gasteiger partial charge < -0.3 is 41.3 Å². The molecule has 1 aromatic rings. The molecule has 4 fully saturated rings. The molecule has 1 aromatic carbocycles. The quantitative estimate of drug-likeness (QED) is 0.134. The second-order valence-electron chi connectivity index (χ2n) is 19.2. The van der Waals surface area contributed by atoms with Gasteiger partial charge in [0.05, 0.1) is 35.3 Å². The van der Waals surface area contributed by atoms with Crippen LogP contribution < -0.4 is 11.1 Å². The van der Waals surface area contributed by atoms with E-state index in [1.165, 1.54) is 5.56 Å². The molecule has 7 rings (SSSR count). The van der Waals surface area contributed by atoms with E-state index in [2.05, 4.69) is 49.5 Å². The summed E-state index contributed by atoms with van der Waals surface area (Å²) in [6, 6.07) is 10.5. The lowest BCUT2D eigenvalue weighted by Gasteiger charge is -2.63. The lowest BCUT2D eigenvalue weighted by Crippen LogP contribution is -2.64. The van der Waals surface area contributed by atoms with Crippen LogP contribution in [0.15, 0.2) is 65.5 Å². The monoisotopic (exact) mass is 746 g/mol. The second-order valence-corrected chi connectivity index (χ2v) is 19.2. The maximum atomic E-state index is 14.1. The fourth-order valence-electron chi connectivity index (χ4n) is 12.6. The number of epoxide rings is 1. The number of aryl methyl sites for hydroxylation is 1. The first-order chi connectivity index (χ1) is 25.5. The average Bonchev–Trinajstić information content (AvgIpc) is 3.91. The van der Waals surface area contributed by atoms with Gasteiger partial charge in [-0.05, 0) is 130 Å². The second kappa shape index (κ2) is 14.1. The molecule has 6 aliphatic rings. The highest BCUT2D eigenvalue weighted by atomic mass is 16.6. The summed E-state index contributed by atoms with van der Waals surface area (Å²) in [4.78, 5) is 14.1. The number of allylic oxidation sites excluding steroid dienone is 3. The number of hydrogen-bond donors (Lipinski definition) is 7. The zero-order valence-corrected chi connectivity index (χ0v) is 33.2. The number of ketones is 1. The first kappa shape index (κ1) is 39.7. The number of aliphatic hydroxyl groups is 5. The molecule has 4 aliphatic carbocycles. The van der Waals surface area contributed by atoms with Crippen molar-refractivity contribution in [1.29, 1.82) is 0 Å². The molecular weight excluding hydrogens is 681 g/mol. The highest BCUT2D eigenvalue weighted by molar-refractivity contribution is 5.95. The predicted molar refractivity (Wildman–Crippen MR) is 209 cm³/mol. The molecule has 54 heavy (non-hydrogen) atoms. The van der Waals surface area contributed by atoms with E-state index in [0.717, 1.165) is 30.4 Å². The number of hydrogen-bond acceptors (Lipinski definition) is 9. The van der Waals surface area contributed by atoms with Crippen LogP contribution in [0.1, 0.15) is 111 Å². The van der Waals surface area contributed by atoms with Crippen molar-refractivity contribution in [2.75, 3.05) is 13.2 Å². The van der Waals surface area contributed by atoms with Gasteiger partial charge in [0.15, 0.2) is 5.78 Å². The Morgan fingerprint density at radius 1 is 1.02 bits per heavy atom. The minimum absolute atomic E-state index is 0.0105. The lowest BCUT2D eigenvalue weighted by atomic mass is 9.42. The Balaban J connectivity index is 1.22. The van der Waals surface area contributed by atoms with Crippen LogP contribution in [0.25, 0.3) is 0 Å². The number of carbonyl (C=O) groups excluding carboxylic acids is 1. The minimum Gasteiger partial charge on any atom is -0.396 e. The van der Waals surface area contributed by atoms with E-state index in [1.54, 1.807) is 13.0 Å². The first-order valence-electron chi connectivity index (χ1n) is 20.8. The topological polar surface area (TPSA) is 169 Å². The number of benzene rings is 1. The number of dihydropyridines is 1. The molecule has 13 unspecified atom stereocenters. The number of rotatable bonds is 13. The van der Waals surface area contributed by atoms with Gasteiger partial charge in [0.1, 0.15) is 12.2 Å². The summed E-state index contributed by atoms with van der Waals surface area (Å²) in [7, 11) is 0. The Kier molecular flexibility index (Phi) is 10.4. The zero-order valence-electron chi connectivity index (χ0n) is 33.2. The van der Waals surface area contributed by atoms with Gasteiger partial charge >= 0.3 is 0 Å². The van der Waals surface area contributed by atoms with Gasteiger partial charge in [-0.15, -0.1) is 0 Å². The summed E-state index contributed by atoms with van der Waals surface area (Å²) in [5.41, 5.74) is 2.97. The standard InChI is InChI=1S/C45H66N2O7/c1-6-18-44(52,39-38(54-39)43(5,51)40(2,27-48)19-14-29-17-22-47-36(46)23-29)35-16-21-45(53)33-25-34(50)32-24-31(49)15-20-41(32,3)37(33)30(26-42(35,45)4)13-12-28-10-8-7-9-11-28/h7-11,17,23,25,30-32,35,37-39,47-49,51-53H,6,12-16,18-22,24,26-27,46H2,1-5H3. The Morgan fingerprint density at radius 2 is 1.76 bits per heavy atom. The smallest absolute Gasteiger partial charge is 0.159 e. The Labute approximate surface area is 322 Å². The van der Waals surface area contributed by atoms with Crippen molar-refractivity contribution in [1.82, 2.24) is 5.32 Å².